The van der Waals surface area contributed by atoms with E-state index in [2.05, 4.69) is 170 Å². The Morgan fingerprint density at radius 1 is 0.472 bits per heavy atom. The minimum absolute atomic E-state index is 0.723. The van der Waals surface area contributed by atoms with Crippen molar-refractivity contribution in [2.45, 2.75) is 19.8 Å². The van der Waals surface area contributed by atoms with E-state index in [4.69, 9.17) is 14.4 Å². The summed E-state index contributed by atoms with van der Waals surface area (Å²) >= 11 is 0. The number of anilines is 3. The van der Waals surface area contributed by atoms with E-state index in [0.717, 1.165) is 108 Å². The highest BCUT2D eigenvalue weighted by atomic mass is 16.3. The minimum atomic E-state index is 0.723. The number of allylic oxidation sites excluding steroid dienone is 1. The predicted molar refractivity (Wildman–Crippen MR) is 221 cm³/mol. The molecule has 8 aromatic rings. The highest BCUT2D eigenvalue weighted by Crippen LogP contribution is 2.41. The molecule has 0 spiro atoms. The molecule has 0 saturated heterocycles. The fourth-order valence-corrected chi connectivity index (χ4v) is 7.78. The Morgan fingerprint density at radius 2 is 1.04 bits per heavy atom. The van der Waals surface area contributed by atoms with Gasteiger partial charge in [-0.3, -0.25) is 0 Å². The molecule has 7 aromatic carbocycles. The first-order chi connectivity index (χ1) is 26.2. The van der Waals surface area contributed by atoms with Gasteiger partial charge in [-0.15, -0.1) is 0 Å². The second-order valence-electron chi connectivity index (χ2n) is 13.7. The average molecular weight is 682 g/mol. The van der Waals surface area contributed by atoms with Gasteiger partial charge in [-0.25, -0.2) is 9.98 Å². The Bertz CT molecular complexity index is 2800. The normalized spacial score (nSPS) is 13.9. The van der Waals surface area contributed by atoms with E-state index in [9.17, 15) is 0 Å². The summed E-state index contributed by atoms with van der Waals surface area (Å²) in [5.74, 6) is 0.723. The second-order valence-corrected chi connectivity index (χ2v) is 13.7. The van der Waals surface area contributed by atoms with Crippen molar-refractivity contribution >= 4 is 56.2 Å². The monoisotopic (exact) mass is 681 g/mol. The maximum atomic E-state index is 6.39. The molecule has 0 N–H and O–H groups in total. The molecule has 10 bridgehead atoms. The molecule has 252 valence electrons. The summed E-state index contributed by atoms with van der Waals surface area (Å²) in [6.07, 6.45) is 1.60. The predicted octanol–water partition coefficient (Wildman–Crippen LogP) is 13.2. The molecule has 10 rings (SSSR count). The molecule has 3 heterocycles. The van der Waals surface area contributed by atoms with Crippen molar-refractivity contribution in [1.82, 2.24) is 0 Å². The lowest BCUT2D eigenvalue weighted by Crippen LogP contribution is -2.10. The van der Waals surface area contributed by atoms with E-state index >= 15 is 0 Å². The zero-order valence-corrected chi connectivity index (χ0v) is 29.3. The highest BCUT2D eigenvalue weighted by molar-refractivity contribution is 6.16. The zero-order valence-electron chi connectivity index (χ0n) is 29.3. The van der Waals surface area contributed by atoms with Gasteiger partial charge in [0, 0.05) is 51.4 Å². The fourth-order valence-electron chi connectivity index (χ4n) is 7.78. The third-order valence-electron chi connectivity index (χ3n) is 10.5. The minimum Gasteiger partial charge on any atom is -0.456 e. The first-order valence-electron chi connectivity index (χ1n) is 18.3. The average Bonchev–Trinajstić information content (AvgIpc) is 3.47. The molecule has 0 fully saturated rings. The molecule has 53 heavy (non-hydrogen) atoms. The highest BCUT2D eigenvalue weighted by Gasteiger charge is 2.21. The van der Waals surface area contributed by atoms with Crippen molar-refractivity contribution in [1.29, 1.82) is 0 Å². The maximum Gasteiger partial charge on any atom is 0.160 e. The van der Waals surface area contributed by atoms with Gasteiger partial charge in [-0.1, -0.05) is 116 Å². The van der Waals surface area contributed by atoms with Crippen LogP contribution in [0.4, 0.5) is 17.1 Å². The van der Waals surface area contributed by atoms with E-state index in [1.165, 1.54) is 5.57 Å². The van der Waals surface area contributed by atoms with Crippen LogP contribution >= 0.6 is 0 Å². The van der Waals surface area contributed by atoms with Crippen molar-refractivity contribution in [3.8, 4) is 22.3 Å². The Hall–Kier alpha value is -6.78. The van der Waals surface area contributed by atoms with Crippen molar-refractivity contribution in [3.63, 3.8) is 0 Å². The molecular weight excluding hydrogens is 647 g/mol. The Labute approximate surface area is 308 Å². The first kappa shape index (κ1) is 31.0. The number of nitrogens with zero attached hydrogens (tertiary/aromatic N) is 3. The third kappa shape index (κ3) is 5.56. The lowest BCUT2D eigenvalue weighted by atomic mass is 9.95. The van der Waals surface area contributed by atoms with Crippen LogP contribution in [0.1, 0.15) is 36.5 Å². The number of benzene rings is 7. The van der Waals surface area contributed by atoms with Crippen LogP contribution in [0.15, 0.2) is 190 Å². The Kier molecular flexibility index (Phi) is 7.47. The molecule has 2 aliphatic heterocycles. The number of para-hydroxylation sites is 1. The quantitative estimate of drug-likeness (QED) is 0.186. The molecule has 4 heteroatoms. The van der Waals surface area contributed by atoms with Gasteiger partial charge in [0.25, 0.3) is 0 Å². The van der Waals surface area contributed by atoms with Crippen molar-refractivity contribution < 1.29 is 4.42 Å². The molecule has 0 amide bonds. The maximum absolute atomic E-state index is 6.39. The van der Waals surface area contributed by atoms with Crippen LogP contribution in [-0.2, 0) is 0 Å². The van der Waals surface area contributed by atoms with Crippen LogP contribution < -0.4 is 4.90 Å². The smallest absolute Gasteiger partial charge is 0.160 e. The summed E-state index contributed by atoms with van der Waals surface area (Å²) in [4.78, 5) is 13.1. The topological polar surface area (TPSA) is 41.1 Å². The second kappa shape index (κ2) is 12.8. The first-order valence-corrected chi connectivity index (χ1v) is 18.3. The van der Waals surface area contributed by atoms with Crippen LogP contribution in [-0.4, -0.2) is 11.5 Å². The summed E-state index contributed by atoms with van der Waals surface area (Å²) in [5, 5.41) is 2.23. The number of furan rings is 1. The lowest BCUT2D eigenvalue weighted by Gasteiger charge is -2.26. The largest absolute Gasteiger partial charge is 0.456 e. The number of fused-ring (bicyclic) bond motifs is 16. The van der Waals surface area contributed by atoms with E-state index in [1.807, 2.05) is 12.1 Å². The summed E-state index contributed by atoms with van der Waals surface area (Å²) in [6, 6.07) is 60.4. The van der Waals surface area contributed by atoms with Gasteiger partial charge in [0.05, 0.1) is 11.4 Å². The van der Waals surface area contributed by atoms with E-state index in [0.29, 0.717) is 0 Å². The van der Waals surface area contributed by atoms with Gasteiger partial charge in [0.15, 0.2) is 5.84 Å². The Morgan fingerprint density at radius 3 is 1.77 bits per heavy atom. The van der Waals surface area contributed by atoms with Gasteiger partial charge >= 0.3 is 0 Å². The van der Waals surface area contributed by atoms with Gasteiger partial charge in [-0.2, -0.15) is 0 Å². The molecule has 0 aliphatic carbocycles. The fraction of sp³-hybridized carbons (Fsp3) is 0.0612. The van der Waals surface area contributed by atoms with E-state index < -0.39 is 0 Å². The van der Waals surface area contributed by atoms with Crippen LogP contribution in [0.5, 0.6) is 0 Å². The lowest BCUT2D eigenvalue weighted by molar-refractivity contribution is 0.669. The van der Waals surface area contributed by atoms with Crippen molar-refractivity contribution in [2.75, 3.05) is 4.90 Å². The van der Waals surface area contributed by atoms with Crippen LogP contribution in [0.25, 0.3) is 49.9 Å². The number of hydrogen-bond acceptors (Lipinski definition) is 4. The van der Waals surface area contributed by atoms with Gasteiger partial charge < -0.3 is 9.32 Å². The Balaban J connectivity index is 1.22. The van der Waals surface area contributed by atoms with Gasteiger partial charge in [0.1, 0.15) is 11.2 Å². The molecule has 0 saturated carbocycles. The standard InChI is InChI=1S/C49H35N3O/c1-2-32-30-45(33-12-4-3-5-13-33)50-49-39-19-9-15-35(27-39)37-17-11-21-41(29-37)52(42-24-25-44-43-22-6-7-23-46(43)53-47(44)31-42)40-20-10-16-36(28-40)34-14-8-18-38(26-34)48(32)51-49/h3-29,31H,2,30H2,1H3. The molecule has 0 atom stereocenters. The SMILES string of the molecule is CCC1=C2N=C(N=C(c3ccccc3)C1)c1cccc(c1)-c1cccc(c1)N(c1ccc3c(c1)oc1ccccc13)c1cccc(c1)-c1cccc2c1. The van der Waals surface area contributed by atoms with E-state index in [1.54, 1.807) is 0 Å². The van der Waals surface area contributed by atoms with Crippen molar-refractivity contribution in [3.05, 3.63) is 192 Å². The molecule has 0 radical (unpaired) electrons. The number of rotatable bonds is 3. The molecule has 1 aromatic heterocycles. The van der Waals surface area contributed by atoms with Crippen molar-refractivity contribution in [2.24, 2.45) is 9.98 Å². The summed E-state index contributed by atoms with van der Waals surface area (Å²) in [7, 11) is 0. The number of amidine groups is 1. The summed E-state index contributed by atoms with van der Waals surface area (Å²) < 4.78 is 6.39. The zero-order chi connectivity index (χ0) is 35.3. The number of aliphatic imine (C=N–C) groups is 2. The molecule has 2 aliphatic rings. The summed E-state index contributed by atoms with van der Waals surface area (Å²) in [6.45, 7) is 2.22. The third-order valence-corrected chi connectivity index (χ3v) is 10.5. The van der Waals surface area contributed by atoms with Gasteiger partial charge in [-0.05, 0) is 94.4 Å². The van der Waals surface area contributed by atoms with Crippen LogP contribution in [0.3, 0.4) is 0 Å². The van der Waals surface area contributed by atoms with Crippen LogP contribution in [0.2, 0.25) is 0 Å². The molecular formula is C49H35N3O. The number of hydrogen-bond donors (Lipinski definition) is 0. The van der Waals surface area contributed by atoms with Gasteiger partial charge in [0.2, 0.25) is 0 Å². The summed E-state index contributed by atoms with van der Waals surface area (Å²) in [5.41, 5.74) is 15.9. The van der Waals surface area contributed by atoms with E-state index in [-0.39, 0.29) is 0 Å². The molecule has 0 unspecified atom stereocenters. The van der Waals surface area contributed by atoms with Crippen LogP contribution in [0, 0.1) is 0 Å². The molecule has 4 nitrogen and oxygen atoms in total.